The first-order valence-electron chi connectivity index (χ1n) is 3.40. The molecule has 0 fully saturated rings. The van der Waals surface area contributed by atoms with E-state index in [1.165, 1.54) is 12.1 Å². The zero-order valence-electron chi connectivity index (χ0n) is 6.51. The van der Waals surface area contributed by atoms with Crippen LogP contribution < -0.4 is 0 Å². The van der Waals surface area contributed by atoms with Gasteiger partial charge in [0.1, 0.15) is 4.92 Å². The number of aromatic nitrogens is 2. The van der Waals surface area contributed by atoms with E-state index in [1.807, 2.05) is 22.6 Å². The molecular weight excluding hydrogens is 305 g/mol. The average Bonchev–Trinajstić information content (AvgIpc) is 2.70. The normalized spacial score (nSPS) is 10.4. The molecule has 0 aliphatic carbocycles. The fourth-order valence-electron chi connectivity index (χ4n) is 0.846. The molecule has 0 saturated carbocycles. The van der Waals surface area contributed by atoms with Gasteiger partial charge in [0, 0.05) is 22.6 Å². The van der Waals surface area contributed by atoms with Gasteiger partial charge in [0.2, 0.25) is 3.83 Å². The summed E-state index contributed by atoms with van der Waals surface area (Å²) in [7, 11) is 0. The minimum atomic E-state index is -0.634. The van der Waals surface area contributed by atoms with Crippen molar-refractivity contribution in [2.45, 2.75) is 0 Å². The van der Waals surface area contributed by atoms with Crippen molar-refractivity contribution in [3.8, 4) is 11.7 Å². The van der Waals surface area contributed by atoms with E-state index < -0.39 is 4.92 Å². The predicted molar refractivity (Wildman–Crippen MR) is 51.4 cm³/mol. The summed E-state index contributed by atoms with van der Waals surface area (Å²) in [4.78, 5) is 13.5. The van der Waals surface area contributed by atoms with Crippen LogP contribution in [0.4, 0.5) is 5.88 Å². The molecule has 14 heavy (non-hydrogen) atoms. The highest BCUT2D eigenvalue weighted by atomic mass is 127. The van der Waals surface area contributed by atoms with Gasteiger partial charge in [-0.05, 0) is 6.07 Å². The number of hydrogen-bond acceptors (Lipinski definition) is 6. The summed E-state index contributed by atoms with van der Waals surface area (Å²) in [5.41, 5.74) is 0. The van der Waals surface area contributed by atoms with Crippen molar-refractivity contribution < 1.29 is 13.9 Å². The molecule has 0 aromatic carbocycles. The van der Waals surface area contributed by atoms with Crippen LogP contribution in [-0.4, -0.2) is 15.1 Å². The van der Waals surface area contributed by atoms with Crippen LogP contribution in [0.15, 0.2) is 21.1 Å². The summed E-state index contributed by atoms with van der Waals surface area (Å²) in [6.07, 6.45) is 0. The molecule has 2 aromatic rings. The van der Waals surface area contributed by atoms with Gasteiger partial charge in [-0.25, -0.2) is 0 Å². The summed E-state index contributed by atoms with van der Waals surface area (Å²) >= 11 is 1.86. The van der Waals surface area contributed by atoms with Crippen molar-refractivity contribution in [2.24, 2.45) is 0 Å². The maximum Gasteiger partial charge on any atom is 0.433 e. The predicted octanol–water partition coefficient (Wildman–Crippen LogP) is 1.84. The second-order valence-corrected chi connectivity index (χ2v) is 3.23. The fraction of sp³-hybridized carbons (Fsp3) is 0. The van der Waals surface area contributed by atoms with Gasteiger partial charge in [-0.1, -0.05) is 5.16 Å². The molecule has 7 nitrogen and oxygen atoms in total. The molecule has 2 aromatic heterocycles. The maximum absolute atomic E-state index is 10.3. The first-order chi connectivity index (χ1) is 6.66. The third-order valence-corrected chi connectivity index (χ3v) is 1.82. The molecule has 0 atom stereocenters. The minimum absolute atomic E-state index is 0.127. The van der Waals surface area contributed by atoms with E-state index in [9.17, 15) is 10.1 Å². The monoisotopic (exact) mass is 307 g/mol. The molecule has 0 radical (unpaired) electrons. The van der Waals surface area contributed by atoms with Crippen LogP contribution >= 0.6 is 22.6 Å². The largest absolute Gasteiger partial charge is 0.433 e. The fourth-order valence-corrected chi connectivity index (χ4v) is 1.16. The van der Waals surface area contributed by atoms with Crippen LogP contribution in [0.5, 0.6) is 0 Å². The van der Waals surface area contributed by atoms with Gasteiger partial charge in [-0.2, -0.15) is 4.98 Å². The lowest BCUT2D eigenvalue weighted by Crippen LogP contribution is -1.82. The molecule has 0 amide bonds. The van der Waals surface area contributed by atoms with Crippen LogP contribution in [0.2, 0.25) is 0 Å². The summed E-state index contributed by atoms with van der Waals surface area (Å²) in [5, 5.41) is 13.8. The molecule has 0 N–H and O–H groups in total. The lowest BCUT2D eigenvalue weighted by atomic mass is 10.4. The highest BCUT2D eigenvalue weighted by Gasteiger charge is 2.17. The van der Waals surface area contributed by atoms with Crippen LogP contribution in [0.3, 0.4) is 0 Å². The van der Waals surface area contributed by atoms with Gasteiger partial charge in [0.15, 0.2) is 5.76 Å². The summed E-state index contributed by atoms with van der Waals surface area (Å²) < 4.78 is 10.0. The van der Waals surface area contributed by atoms with Crippen LogP contribution in [0.1, 0.15) is 0 Å². The van der Waals surface area contributed by atoms with E-state index in [1.54, 1.807) is 0 Å². The lowest BCUT2D eigenvalue weighted by Gasteiger charge is -1.83. The number of rotatable bonds is 2. The highest BCUT2D eigenvalue weighted by molar-refractivity contribution is 14.1. The first-order valence-corrected chi connectivity index (χ1v) is 4.48. The maximum atomic E-state index is 10.3. The molecule has 0 aliphatic heterocycles. The highest BCUT2D eigenvalue weighted by Crippen LogP contribution is 2.24. The summed E-state index contributed by atoms with van der Waals surface area (Å²) in [6, 6.07) is 2.63. The van der Waals surface area contributed by atoms with Crippen molar-refractivity contribution in [3.63, 3.8) is 0 Å². The second-order valence-electron chi connectivity index (χ2n) is 2.26. The van der Waals surface area contributed by atoms with Crippen molar-refractivity contribution in [3.05, 3.63) is 26.1 Å². The third-order valence-electron chi connectivity index (χ3n) is 1.38. The number of nitrogens with zero attached hydrogens (tertiary/aromatic N) is 3. The Morgan fingerprint density at radius 2 is 2.29 bits per heavy atom. The molecule has 8 heteroatoms. The molecule has 0 unspecified atom stereocenters. The Kier molecular flexibility index (Phi) is 2.19. The number of furan rings is 1. The molecular formula is C6H2IN3O4. The SMILES string of the molecule is O=[N+]([O-])c1ccc(-c2nc(I)no2)o1. The smallest absolute Gasteiger partial charge is 0.395 e. The number of halogens is 1. The van der Waals surface area contributed by atoms with Gasteiger partial charge in [0.25, 0.3) is 5.89 Å². The first kappa shape index (κ1) is 9.12. The van der Waals surface area contributed by atoms with Gasteiger partial charge in [0.05, 0.1) is 6.07 Å². The Morgan fingerprint density at radius 3 is 2.79 bits per heavy atom. The van der Waals surface area contributed by atoms with Gasteiger partial charge in [-0.3, -0.25) is 10.1 Å². The summed E-state index contributed by atoms with van der Waals surface area (Å²) in [6.45, 7) is 0. The molecule has 2 rings (SSSR count). The van der Waals surface area contributed by atoms with Crippen LogP contribution in [-0.2, 0) is 0 Å². The Hall–Kier alpha value is -1.45. The topological polar surface area (TPSA) is 95.2 Å². The van der Waals surface area contributed by atoms with E-state index in [2.05, 4.69) is 10.1 Å². The van der Waals surface area contributed by atoms with Crippen molar-refractivity contribution >= 4 is 28.5 Å². The van der Waals surface area contributed by atoms with Gasteiger partial charge < -0.3 is 8.94 Å². The molecule has 0 bridgehead atoms. The Bertz CT molecular complexity index is 477. The standard InChI is InChI=1S/C6H2IN3O4/c7-6-8-5(14-9-6)3-1-2-4(13-3)10(11)12/h1-2H. The van der Waals surface area contributed by atoms with Crippen LogP contribution in [0, 0.1) is 13.9 Å². The Balaban J connectivity index is 2.38. The summed E-state index contributed by atoms with van der Waals surface area (Å²) in [5.74, 6) is -0.0391. The lowest BCUT2D eigenvalue weighted by molar-refractivity contribution is -0.401. The van der Waals surface area contributed by atoms with Crippen LogP contribution in [0.25, 0.3) is 11.7 Å². The van der Waals surface area contributed by atoms with Gasteiger partial charge in [-0.15, -0.1) is 0 Å². The van der Waals surface area contributed by atoms with Crippen molar-refractivity contribution in [1.82, 2.24) is 10.1 Å². The molecule has 72 valence electrons. The van der Waals surface area contributed by atoms with E-state index in [0.29, 0.717) is 3.83 Å². The van der Waals surface area contributed by atoms with Crippen molar-refractivity contribution in [2.75, 3.05) is 0 Å². The van der Waals surface area contributed by atoms with E-state index in [4.69, 9.17) is 8.94 Å². The molecule has 0 spiro atoms. The molecule has 0 aliphatic rings. The zero-order chi connectivity index (χ0) is 10.1. The van der Waals surface area contributed by atoms with Crippen molar-refractivity contribution in [1.29, 1.82) is 0 Å². The Labute approximate surface area is 90.4 Å². The van der Waals surface area contributed by atoms with E-state index in [-0.39, 0.29) is 17.5 Å². The van der Waals surface area contributed by atoms with E-state index in [0.717, 1.165) is 0 Å². The second kappa shape index (κ2) is 3.36. The quantitative estimate of drug-likeness (QED) is 0.477. The van der Waals surface area contributed by atoms with Gasteiger partial charge >= 0.3 is 5.88 Å². The number of nitro groups is 1. The Morgan fingerprint density at radius 1 is 1.50 bits per heavy atom. The minimum Gasteiger partial charge on any atom is -0.395 e. The third kappa shape index (κ3) is 1.60. The molecule has 0 saturated heterocycles. The van der Waals surface area contributed by atoms with E-state index >= 15 is 0 Å². The molecule has 2 heterocycles. The zero-order valence-corrected chi connectivity index (χ0v) is 8.66. The average molecular weight is 307 g/mol. The number of hydrogen-bond donors (Lipinski definition) is 0.